The van der Waals surface area contributed by atoms with Crippen LogP contribution in [0, 0.1) is 23.2 Å². The second kappa shape index (κ2) is 14.9. The van der Waals surface area contributed by atoms with Crippen LogP contribution in [0.1, 0.15) is 115 Å². The van der Waals surface area contributed by atoms with Crippen LogP contribution in [-0.4, -0.2) is 83.4 Å². The Morgan fingerprint density at radius 1 is 1.12 bits per heavy atom. The van der Waals surface area contributed by atoms with Crippen molar-refractivity contribution in [2.45, 2.75) is 94.6 Å². The highest BCUT2D eigenvalue weighted by atomic mass is 19.3. The number of carbonyl (C=O) groups is 3. The van der Waals surface area contributed by atoms with E-state index < -0.39 is 41.1 Å². The van der Waals surface area contributed by atoms with E-state index in [0.29, 0.717) is 60.2 Å². The minimum atomic E-state index is -2.97. The number of nitrogens with zero attached hydrogens (tertiary/aromatic N) is 7. The highest BCUT2D eigenvalue weighted by Gasteiger charge is 2.47. The number of pyridine rings is 1. The topological polar surface area (TPSA) is 171 Å². The summed E-state index contributed by atoms with van der Waals surface area (Å²) in [5, 5.41) is 35.9. The number of rotatable bonds is 8. The van der Waals surface area contributed by atoms with Crippen molar-refractivity contribution in [3.05, 3.63) is 82.2 Å². The van der Waals surface area contributed by atoms with Gasteiger partial charge in [0.25, 0.3) is 11.8 Å². The fourth-order valence-corrected chi connectivity index (χ4v) is 9.46. The number of nitrogens with one attached hydrogen (secondary N) is 2. The molecule has 13 nitrogen and oxygen atoms in total. The standard InChI is InChI=1S/C42H47F2N9O4/c1-41(2,57)33-17-34-27(16-35(33)47-39(55)26-15-25(18-45)19-46-20-26)22-53(49-34)28-9-7-24(8-10-28)21-52-14-13-32(42(43,44)23-52)29-5-4-6-30-37(50-51(3)38(29)30)31-11-12-36(54)48-40(31)56/h4-6,15-16,19-20,22,24,28,31-33,57H,7-14,17,21,23H2,1-3H3,(H,47,55)(H,48,54,56)/t24?,28?,31-,32+,33?/m1/s1. The van der Waals surface area contributed by atoms with Crippen molar-refractivity contribution in [1.82, 2.24) is 40.1 Å². The fourth-order valence-electron chi connectivity index (χ4n) is 9.46. The number of piperidine rings is 2. The fraction of sp³-hybridized carbons (Fsp3) is 0.500. The van der Waals surface area contributed by atoms with E-state index in [2.05, 4.69) is 20.7 Å². The molecule has 0 bridgehead atoms. The van der Waals surface area contributed by atoms with Gasteiger partial charge in [0.1, 0.15) is 6.07 Å². The Morgan fingerprint density at radius 3 is 2.63 bits per heavy atom. The van der Waals surface area contributed by atoms with E-state index >= 15 is 8.78 Å². The van der Waals surface area contributed by atoms with Gasteiger partial charge in [-0.2, -0.15) is 15.5 Å². The van der Waals surface area contributed by atoms with Gasteiger partial charge in [0, 0.05) is 67.6 Å². The molecule has 1 aromatic carbocycles. The lowest BCUT2D eigenvalue weighted by atomic mass is 9.80. The van der Waals surface area contributed by atoms with E-state index in [9.17, 15) is 24.8 Å². The van der Waals surface area contributed by atoms with Gasteiger partial charge in [0.2, 0.25) is 11.8 Å². The molecule has 2 aliphatic carbocycles. The number of para-hydroxylation sites is 1. The van der Waals surface area contributed by atoms with Crippen molar-refractivity contribution in [3.63, 3.8) is 0 Å². The zero-order valence-electron chi connectivity index (χ0n) is 32.3. The zero-order chi connectivity index (χ0) is 40.2. The molecule has 8 rings (SSSR count). The maximum atomic E-state index is 16.2. The predicted molar refractivity (Wildman–Crippen MR) is 206 cm³/mol. The molecule has 2 aliphatic heterocycles. The number of fused-ring (bicyclic) bond motifs is 2. The third-order valence-electron chi connectivity index (χ3n) is 12.4. The Morgan fingerprint density at radius 2 is 1.91 bits per heavy atom. The minimum absolute atomic E-state index is 0.148. The maximum absolute atomic E-state index is 16.2. The molecule has 5 heterocycles. The smallest absolute Gasteiger partial charge is 0.267 e. The predicted octanol–water partition coefficient (Wildman–Crippen LogP) is 5.13. The normalized spacial score (nSPS) is 25.4. The molecule has 15 heteroatoms. The Hall–Kier alpha value is -5.33. The Labute approximate surface area is 329 Å². The number of hydrogen-bond acceptors (Lipinski definition) is 9. The molecule has 4 aromatic rings. The van der Waals surface area contributed by atoms with Crippen molar-refractivity contribution in [2.24, 2.45) is 18.9 Å². The third-order valence-corrected chi connectivity index (χ3v) is 12.4. The van der Waals surface area contributed by atoms with Gasteiger partial charge in [-0.3, -0.25) is 38.9 Å². The number of aliphatic hydroxyl groups is 1. The summed E-state index contributed by atoms with van der Waals surface area (Å²) in [4.78, 5) is 43.5. The zero-order valence-corrected chi connectivity index (χ0v) is 32.3. The highest BCUT2D eigenvalue weighted by Crippen LogP contribution is 2.45. The average molecular weight is 780 g/mol. The van der Waals surface area contributed by atoms with Crippen LogP contribution in [0.25, 0.3) is 17.0 Å². The summed E-state index contributed by atoms with van der Waals surface area (Å²) < 4.78 is 35.9. The molecule has 3 fully saturated rings. The lowest BCUT2D eigenvalue weighted by molar-refractivity contribution is -0.134. The van der Waals surface area contributed by atoms with Crippen LogP contribution in [-0.2, 0) is 23.1 Å². The van der Waals surface area contributed by atoms with E-state index in [1.165, 1.54) is 18.5 Å². The molecular formula is C42H47F2N9O4. The number of aryl methyl sites for hydroxylation is 1. The van der Waals surface area contributed by atoms with Crippen LogP contribution in [0.3, 0.4) is 0 Å². The maximum Gasteiger partial charge on any atom is 0.267 e. The third kappa shape index (κ3) is 7.60. The van der Waals surface area contributed by atoms with Gasteiger partial charge in [-0.25, -0.2) is 8.78 Å². The molecule has 2 saturated heterocycles. The summed E-state index contributed by atoms with van der Waals surface area (Å²) in [7, 11) is 1.72. The SMILES string of the molecule is Cn1nc([C@H]2CCC(=O)NC2=O)c2cccc([C@@H]3CCN(CC4CCC(n5cc6c(n5)CC(C(C)(C)O)C(NC(=O)c5cncc(C#N)c5)=C6)CC4)CC3(F)F)c21. The quantitative estimate of drug-likeness (QED) is 0.205. The van der Waals surface area contributed by atoms with Crippen LogP contribution in [0.2, 0.25) is 0 Å². The summed E-state index contributed by atoms with van der Waals surface area (Å²) in [6.45, 7) is 4.24. The molecule has 1 unspecified atom stereocenters. The summed E-state index contributed by atoms with van der Waals surface area (Å²) in [5.74, 6) is -5.83. The molecular weight excluding hydrogens is 733 g/mol. The first kappa shape index (κ1) is 38.5. The number of aromatic nitrogens is 5. The Kier molecular flexibility index (Phi) is 10.1. The Balaban J connectivity index is 0.903. The molecule has 298 valence electrons. The van der Waals surface area contributed by atoms with E-state index in [4.69, 9.17) is 5.10 Å². The van der Waals surface area contributed by atoms with Gasteiger partial charge in [-0.05, 0) is 82.5 Å². The van der Waals surface area contributed by atoms with E-state index in [-0.39, 0.29) is 42.0 Å². The van der Waals surface area contributed by atoms with E-state index in [1.807, 2.05) is 34.0 Å². The molecule has 0 radical (unpaired) electrons. The van der Waals surface area contributed by atoms with E-state index in [0.717, 1.165) is 36.9 Å². The Bertz CT molecular complexity index is 2310. The number of imide groups is 1. The number of amides is 3. The lowest BCUT2D eigenvalue weighted by Crippen LogP contribution is -2.49. The molecule has 3 N–H and O–H groups in total. The van der Waals surface area contributed by atoms with Crippen LogP contribution in [0.15, 0.2) is 48.6 Å². The van der Waals surface area contributed by atoms with Gasteiger partial charge in [-0.1, -0.05) is 18.2 Å². The van der Waals surface area contributed by atoms with Gasteiger partial charge in [0.15, 0.2) is 0 Å². The van der Waals surface area contributed by atoms with Crippen LogP contribution in [0.5, 0.6) is 0 Å². The largest absolute Gasteiger partial charge is 0.390 e. The molecule has 1 saturated carbocycles. The lowest BCUT2D eigenvalue weighted by Gasteiger charge is -2.41. The first-order valence-electron chi connectivity index (χ1n) is 19.8. The molecule has 3 amide bonds. The van der Waals surface area contributed by atoms with Crippen molar-refractivity contribution in [1.29, 1.82) is 5.26 Å². The number of nitriles is 1. The van der Waals surface area contributed by atoms with Gasteiger partial charge >= 0.3 is 0 Å². The number of carbonyl (C=O) groups excluding carboxylic acids is 3. The molecule has 57 heavy (non-hydrogen) atoms. The van der Waals surface area contributed by atoms with Crippen molar-refractivity contribution >= 4 is 34.7 Å². The number of alkyl halides is 2. The summed E-state index contributed by atoms with van der Waals surface area (Å²) in [6, 6.07) is 8.97. The first-order chi connectivity index (χ1) is 27.2. The second-order valence-corrected chi connectivity index (χ2v) is 16.8. The summed E-state index contributed by atoms with van der Waals surface area (Å²) in [6.07, 6.45) is 11.4. The molecule has 3 aromatic heterocycles. The molecule has 4 aliphatic rings. The summed E-state index contributed by atoms with van der Waals surface area (Å²) in [5.41, 5.74) is 3.33. The van der Waals surface area contributed by atoms with Crippen molar-refractivity contribution in [3.8, 4) is 6.07 Å². The average Bonchev–Trinajstić information content (AvgIpc) is 3.74. The van der Waals surface area contributed by atoms with Gasteiger partial charge in [0.05, 0.1) is 58.1 Å². The highest BCUT2D eigenvalue weighted by molar-refractivity contribution is 6.02. The summed E-state index contributed by atoms with van der Waals surface area (Å²) >= 11 is 0. The van der Waals surface area contributed by atoms with Crippen molar-refractivity contribution < 1.29 is 28.3 Å². The monoisotopic (exact) mass is 779 g/mol. The van der Waals surface area contributed by atoms with Crippen molar-refractivity contribution in [2.75, 3.05) is 19.6 Å². The first-order valence-corrected chi connectivity index (χ1v) is 19.8. The number of benzene rings is 1. The van der Waals surface area contributed by atoms with Crippen LogP contribution >= 0.6 is 0 Å². The van der Waals surface area contributed by atoms with Gasteiger partial charge < -0.3 is 10.4 Å². The molecule has 0 spiro atoms. The molecule has 3 atom stereocenters. The van der Waals surface area contributed by atoms with Gasteiger partial charge in [-0.15, -0.1) is 0 Å². The van der Waals surface area contributed by atoms with E-state index in [1.54, 1.807) is 37.7 Å². The number of halogens is 2. The number of likely N-dealkylation sites (tertiary alicyclic amines) is 1. The minimum Gasteiger partial charge on any atom is -0.390 e. The van der Waals surface area contributed by atoms with Crippen LogP contribution < -0.4 is 10.6 Å². The second-order valence-electron chi connectivity index (χ2n) is 16.8. The number of hydrogen-bond donors (Lipinski definition) is 3. The van der Waals surface area contributed by atoms with Crippen LogP contribution in [0.4, 0.5) is 8.78 Å².